The maximum Gasteiger partial charge on any atom is 0.364 e. The van der Waals surface area contributed by atoms with Gasteiger partial charge in [0.15, 0.2) is 0 Å². The van der Waals surface area contributed by atoms with Crippen LogP contribution in [0.25, 0.3) is 0 Å². The Kier molecular flexibility index (Phi) is 11.5. The maximum atomic E-state index is 12.5. The number of benzene rings is 1. The number of amides is 2. The van der Waals surface area contributed by atoms with Crippen LogP contribution in [0.15, 0.2) is 18.2 Å². The molecule has 2 rings (SSSR count). The Hall–Kier alpha value is -2.73. The highest BCUT2D eigenvalue weighted by molar-refractivity contribution is 6.02. The first-order chi connectivity index (χ1) is 15.5. The maximum absolute atomic E-state index is 12.5. The number of carbonyl (C=O) groups excluding carboxylic acids is 3. The summed E-state index contributed by atoms with van der Waals surface area (Å²) in [6.45, 7) is 2.90. The molecule has 0 aromatic heterocycles. The molecule has 1 heterocycles. The number of nitrogens with zero attached hydrogens (tertiary/aromatic N) is 1. The van der Waals surface area contributed by atoms with Gasteiger partial charge >= 0.3 is 5.97 Å². The van der Waals surface area contributed by atoms with Crippen LogP contribution in [0.1, 0.15) is 23.2 Å². The first-order valence-electron chi connectivity index (χ1n) is 10.2. The Morgan fingerprint density at radius 3 is 1.69 bits per heavy atom. The lowest BCUT2D eigenvalue weighted by Gasteiger charge is -2.15. The van der Waals surface area contributed by atoms with Crippen molar-refractivity contribution in [3.8, 4) is 11.5 Å². The van der Waals surface area contributed by atoms with E-state index in [0.717, 1.165) is 0 Å². The van der Waals surface area contributed by atoms with Gasteiger partial charge in [-0.2, -0.15) is 0 Å². The van der Waals surface area contributed by atoms with E-state index in [1.807, 2.05) is 0 Å². The minimum atomic E-state index is -0.878. The molecule has 1 saturated heterocycles. The lowest BCUT2D eigenvalue weighted by Crippen LogP contribution is -2.32. The van der Waals surface area contributed by atoms with Gasteiger partial charge in [0.25, 0.3) is 11.8 Å². The molecule has 11 heteroatoms. The van der Waals surface area contributed by atoms with E-state index < -0.39 is 17.8 Å². The van der Waals surface area contributed by atoms with Gasteiger partial charge in [-0.25, -0.2) is 4.79 Å². The van der Waals surface area contributed by atoms with Crippen molar-refractivity contribution in [1.29, 1.82) is 0 Å². The molecule has 1 fully saturated rings. The predicted molar refractivity (Wildman–Crippen MR) is 109 cm³/mol. The van der Waals surface area contributed by atoms with Crippen LogP contribution in [0.4, 0.5) is 0 Å². The molecule has 0 N–H and O–H groups in total. The largest absolute Gasteiger partial charge is 0.491 e. The standard InChI is InChI=1S/C21H29NO10/c1-26-5-7-28-9-11-30-17-13-16(21(25)32-22-19(23)3-4-20(22)24)14-18(15-17)31-12-10-29-8-6-27-2/h13-15H,3-12H2,1-2H3. The van der Waals surface area contributed by atoms with Gasteiger partial charge in [-0.3, -0.25) is 9.59 Å². The van der Waals surface area contributed by atoms with Crippen molar-refractivity contribution in [1.82, 2.24) is 5.06 Å². The fraction of sp³-hybridized carbons (Fsp3) is 0.571. The van der Waals surface area contributed by atoms with E-state index in [1.165, 1.54) is 12.1 Å². The highest BCUT2D eigenvalue weighted by Crippen LogP contribution is 2.25. The van der Waals surface area contributed by atoms with E-state index in [2.05, 4.69) is 0 Å². The molecule has 1 aliphatic heterocycles. The van der Waals surface area contributed by atoms with Crippen molar-refractivity contribution in [3.63, 3.8) is 0 Å². The second-order valence-electron chi connectivity index (χ2n) is 6.56. The number of hydroxylamine groups is 2. The first-order valence-corrected chi connectivity index (χ1v) is 10.2. The normalized spacial score (nSPS) is 13.5. The number of ether oxygens (including phenoxy) is 6. The molecule has 178 valence electrons. The first kappa shape index (κ1) is 25.5. The minimum absolute atomic E-state index is 0.00969. The molecule has 0 spiro atoms. The van der Waals surface area contributed by atoms with E-state index in [1.54, 1.807) is 20.3 Å². The summed E-state index contributed by atoms with van der Waals surface area (Å²) < 4.78 is 31.8. The van der Waals surface area contributed by atoms with Gasteiger partial charge in [0.1, 0.15) is 24.7 Å². The summed E-state index contributed by atoms with van der Waals surface area (Å²) in [5.74, 6) is -1.33. The topological polar surface area (TPSA) is 119 Å². The van der Waals surface area contributed by atoms with Crippen molar-refractivity contribution >= 4 is 17.8 Å². The monoisotopic (exact) mass is 455 g/mol. The SMILES string of the molecule is COCCOCCOc1cc(OCCOCCOC)cc(C(=O)ON2C(=O)CCC2=O)c1. The summed E-state index contributed by atoms with van der Waals surface area (Å²) in [4.78, 5) is 40.9. The van der Waals surface area contributed by atoms with Crippen LogP contribution in [0.2, 0.25) is 0 Å². The van der Waals surface area contributed by atoms with Crippen LogP contribution < -0.4 is 9.47 Å². The molecule has 0 unspecified atom stereocenters. The fourth-order valence-electron chi connectivity index (χ4n) is 2.58. The Bertz CT molecular complexity index is 704. The summed E-state index contributed by atoms with van der Waals surface area (Å²) >= 11 is 0. The molecule has 2 amide bonds. The number of carbonyl (C=O) groups is 3. The van der Waals surface area contributed by atoms with Gasteiger partial charge < -0.3 is 33.3 Å². The van der Waals surface area contributed by atoms with Crippen LogP contribution in [-0.2, 0) is 33.4 Å². The van der Waals surface area contributed by atoms with Gasteiger partial charge in [0.05, 0.1) is 45.2 Å². The third-order valence-corrected chi connectivity index (χ3v) is 4.15. The van der Waals surface area contributed by atoms with Crippen LogP contribution in [0.5, 0.6) is 11.5 Å². The van der Waals surface area contributed by atoms with Gasteiger partial charge in [-0.15, -0.1) is 5.06 Å². The second-order valence-corrected chi connectivity index (χ2v) is 6.56. The number of hydrogen-bond donors (Lipinski definition) is 0. The quantitative estimate of drug-likeness (QED) is 0.264. The van der Waals surface area contributed by atoms with E-state index in [4.69, 9.17) is 33.3 Å². The second kappa shape index (κ2) is 14.4. The molecule has 0 saturated carbocycles. The Morgan fingerprint density at radius 1 is 0.750 bits per heavy atom. The smallest absolute Gasteiger partial charge is 0.364 e. The molecule has 1 aliphatic rings. The van der Waals surface area contributed by atoms with Gasteiger partial charge in [0, 0.05) is 33.1 Å². The third-order valence-electron chi connectivity index (χ3n) is 4.15. The van der Waals surface area contributed by atoms with E-state index >= 15 is 0 Å². The molecule has 0 bridgehead atoms. The summed E-state index contributed by atoms with van der Waals surface area (Å²) in [6, 6.07) is 4.47. The molecular formula is C21H29NO10. The third kappa shape index (κ3) is 8.79. The zero-order valence-electron chi connectivity index (χ0n) is 18.3. The van der Waals surface area contributed by atoms with Crippen LogP contribution in [-0.4, -0.2) is 89.9 Å². The van der Waals surface area contributed by atoms with Crippen LogP contribution in [0.3, 0.4) is 0 Å². The molecular weight excluding hydrogens is 426 g/mol. The van der Waals surface area contributed by atoms with Gasteiger partial charge in [-0.05, 0) is 12.1 Å². The fourth-order valence-corrected chi connectivity index (χ4v) is 2.58. The molecule has 1 aromatic rings. The zero-order valence-corrected chi connectivity index (χ0v) is 18.3. The van der Waals surface area contributed by atoms with E-state index in [-0.39, 0.29) is 31.6 Å². The number of hydrogen-bond acceptors (Lipinski definition) is 10. The molecule has 0 radical (unpaired) electrons. The van der Waals surface area contributed by atoms with Crippen LogP contribution in [0, 0.1) is 0 Å². The average Bonchev–Trinajstić information content (AvgIpc) is 3.10. The van der Waals surface area contributed by atoms with E-state index in [9.17, 15) is 14.4 Å². The van der Waals surface area contributed by atoms with Crippen LogP contribution >= 0.6 is 0 Å². The highest BCUT2D eigenvalue weighted by atomic mass is 16.7. The number of imide groups is 1. The van der Waals surface area contributed by atoms with Crippen molar-refractivity contribution in [2.24, 2.45) is 0 Å². The van der Waals surface area contributed by atoms with Gasteiger partial charge in [-0.1, -0.05) is 0 Å². The van der Waals surface area contributed by atoms with Crippen molar-refractivity contribution in [2.45, 2.75) is 12.8 Å². The lowest BCUT2D eigenvalue weighted by atomic mass is 10.2. The van der Waals surface area contributed by atoms with E-state index in [0.29, 0.717) is 56.2 Å². The molecule has 0 atom stereocenters. The zero-order chi connectivity index (χ0) is 23.2. The Balaban J connectivity index is 1.99. The van der Waals surface area contributed by atoms with Crippen molar-refractivity contribution in [2.75, 3.05) is 67.1 Å². The molecule has 32 heavy (non-hydrogen) atoms. The van der Waals surface area contributed by atoms with Crippen molar-refractivity contribution < 1.29 is 47.6 Å². The number of methoxy groups -OCH3 is 2. The average molecular weight is 455 g/mol. The summed E-state index contributed by atoms with van der Waals surface area (Å²) in [6.07, 6.45) is 0.0194. The highest BCUT2D eigenvalue weighted by Gasteiger charge is 2.33. The summed E-state index contributed by atoms with van der Waals surface area (Å²) in [7, 11) is 3.16. The Labute approximate surface area is 186 Å². The molecule has 0 aliphatic carbocycles. The molecule has 1 aromatic carbocycles. The lowest BCUT2D eigenvalue weighted by molar-refractivity contribution is -0.172. The number of rotatable bonds is 16. The summed E-state index contributed by atoms with van der Waals surface area (Å²) in [5.41, 5.74) is 0.0607. The Morgan fingerprint density at radius 2 is 1.22 bits per heavy atom. The predicted octanol–water partition coefficient (Wildman–Crippen LogP) is 0.991. The molecule has 11 nitrogen and oxygen atoms in total. The summed E-state index contributed by atoms with van der Waals surface area (Å²) in [5, 5.41) is 0.490. The van der Waals surface area contributed by atoms with Gasteiger partial charge in [0.2, 0.25) is 0 Å². The van der Waals surface area contributed by atoms with Crippen molar-refractivity contribution in [3.05, 3.63) is 23.8 Å². The minimum Gasteiger partial charge on any atom is -0.491 e.